The number of nitrogens with zero attached hydrogens (tertiary/aromatic N) is 4. The average Bonchev–Trinajstić information content (AvgIpc) is 3.60. The Hall–Kier alpha value is -5.67. The highest BCUT2D eigenvalue weighted by molar-refractivity contribution is 5.94. The van der Waals surface area contributed by atoms with Crippen molar-refractivity contribution in [3.8, 4) is 0 Å². The van der Waals surface area contributed by atoms with Crippen molar-refractivity contribution in [1.29, 1.82) is 0 Å². The van der Waals surface area contributed by atoms with Gasteiger partial charge in [-0.3, -0.25) is 19.7 Å². The minimum atomic E-state index is -1.22. The fourth-order valence-corrected chi connectivity index (χ4v) is 6.17. The highest BCUT2D eigenvalue weighted by Crippen LogP contribution is 2.35. The van der Waals surface area contributed by atoms with Crippen LogP contribution in [0.2, 0.25) is 0 Å². The van der Waals surface area contributed by atoms with Crippen molar-refractivity contribution >= 4 is 50.3 Å². The van der Waals surface area contributed by atoms with Gasteiger partial charge in [0.25, 0.3) is 5.69 Å². The lowest BCUT2D eigenvalue weighted by Crippen LogP contribution is -2.32. The van der Waals surface area contributed by atoms with Crippen molar-refractivity contribution in [2.45, 2.75) is 45.7 Å². The van der Waals surface area contributed by atoms with Crippen LogP contribution >= 0.6 is 0 Å². The van der Waals surface area contributed by atoms with Crippen LogP contribution in [0.5, 0.6) is 0 Å². The maximum atomic E-state index is 14.0. The van der Waals surface area contributed by atoms with Crippen molar-refractivity contribution in [2.75, 3.05) is 0 Å². The Balaban J connectivity index is 0.000000177. The highest BCUT2D eigenvalue weighted by atomic mass is 19.1. The fourth-order valence-electron chi connectivity index (χ4n) is 6.17. The van der Waals surface area contributed by atoms with Crippen LogP contribution in [-0.4, -0.2) is 52.9 Å². The summed E-state index contributed by atoms with van der Waals surface area (Å²) in [5, 5.41) is 30.7. The minimum Gasteiger partial charge on any atom is -0.480 e. The maximum Gasteiger partial charge on any atom is 0.320 e. The first-order chi connectivity index (χ1) is 23.9. The van der Waals surface area contributed by atoms with Crippen molar-refractivity contribution < 1.29 is 37.9 Å². The number of aromatic nitrogens is 3. The summed E-state index contributed by atoms with van der Waals surface area (Å²) in [6.07, 6.45) is 0.0881. The third kappa shape index (κ3) is 7.44. The number of para-hydroxylation sites is 2. The maximum absolute atomic E-state index is 14.0. The molecular weight excluding hydrogens is 669 g/mol. The van der Waals surface area contributed by atoms with Gasteiger partial charge in [0.1, 0.15) is 29.5 Å². The zero-order valence-corrected chi connectivity index (χ0v) is 28.9. The Morgan fingerprint density at radius 3 is 1.78 bits per heavy atom. The number of halogens is 3. The van der Waals surface area contributed by atoms with Gasteiger partial charge in [-0.15, -0.1) is 0 Å². The topological polar surface area (TPSA) is 185 Å². The van der Waals surface area contributed by atoms with Gasteiger partial charge in [-0.05, 0) is 56.2 Å². The molecule has 15 heteroatoms. The van der Waals surface area contributed by atoms with Gasteiger partial charge >= 0.3 is 11.9 Å². The Kier molecular flexibility index (Phi) is 11.3. The van der Waals surface area contributed by atoms with E-state index in [0.717, 1.165) is 39.9 Å². The summed E-state index contributed by atoms with van der Waals surface area (Å²) in [6, 6.07) is 11.8. The molecule has 51 heavy (non-hydrogen) atoms. The molecule has 2 unspecified atom stereocenters. The van der Waals surface area contributed by atoms with Crippen LogP contribution in [0.3, 0.4) is 0 Å². The molecule has 0 aliphatic heterocycles. The standard InChI is InChI=1S/C13H14FN3O4.C13H15FN2O2.C10H10FN/c1-6-7(5-9(15)13(18)19)11-10(17(20)21)4-3-8(14)12(11)16(6)2;1-7-9(6-11(15)13(17)18)8-4-3-5-10(14)12(8)16(7)2;1-7-6-8-4-3-5-9(11)10(8)12(7)2/h3-4,9H,5,15H2,1-2H3,(H,18,19);3-5,11H,6,15H2,1-2H3,(H,17,18);3-6H,1-2H3. The molecule has 270 valence electrons. The molecule has 0 saturated carbocycles. The summed E-state index contributed by atoms with van der Waals surface area (Å²) in [7, 11) is 5.21. The van der Waals surface area contributed by atoms with Gasteiger partial charge in [-0.25, -0.2) is 13.2 Å². The number of aryl methyl sites for hydroxylation is 4. The van der Waals surface area contributed by atoms with Crippen LogP contribution in [0.15, 0.2) is 54.6 Å². The number of hydrogen-bond acceptors (Lipinski definition) is 6. The molecule has 3 aromatic heterocycles. The van der Waals surface area contributed by atoms with Gasteiger partial charge in [-0.1, -0.05) is 24.3 Å². The third-order valence-electron chi connectivity index (χ3n) is 9.20. The number of carbonyl (C=O) groups is 2. The Bertz CT molecular complexity index is 2310. The largest absolute Gasteiger partial charge is 0.480 e. The van der Waals surface area contributed by atoms with Gasteiger partial charge in [0.15, 0.2) is 0 Å². The second-order valence-corrected chi connectivity index (χ2v) is 12.2. The van der Waals surface area contributed by atoms with Crippen LogP contribution < -0.4 is 11.5 Å². The first kappa shape index (κ1) is 38.1. The molecule has 0 saturated heterocycles. The summed E-state index contributed by atoms with van der Waals surface area (Å²) >= 11 is 0. The zero-order chi connectivity index (χ0) is 38.1. The number of carboxylic acid groups (broad SMARTS) is 2. The van der Waals surface area contributed by atoms with Gasteiger partial charge < -0.3 is 35.4 Å². The van der Waals surface area contributed by atoms with E-state index in [4.69, 9.17) is 21.7 Å². The van der Waals surface area contributed by atoms with E-state index in [1.807, 2.05) is 37.6 Å². The predicted molar refractivity (Wildman–Crippen MR) is 188 cm³/mol. The number of nitrogens with two attached hydrogens (primary N) is 2. The lowest BCUT2D eigenvalue weighted by atomic mass is 10.0. The summed E-state index contributed by atoms with van der Waals surface area (Å²) in [4.78, 5) is 32.3. The van der Waals surface area contributed by atoms with E-state index in [2.05, 4.69) is 0 Å². The SMILES string of the molecule is Cc1c(CC(N)C(=O)O)c2c([N+](=O)[O-])ccc(F)c2n1C.Cc1c(CC(N)C(=O)O)c2cccc(F)c2n1C.Cc1cc2cccc(F)c2n1C. The van der Waals surface area contributed by atoms with E-state index >= 15 is 0 Å². The lowest BCUT2D eigenvalue weighted by Gasteiger charge is -2.07. The first-order valence-corrected chi connectivity index (χ1v) is 15.7. The van der Waals surface area contributed by atoms with E-state index in [-0.39, 0.29) is 41.1 Å². The molecule has 0 aliphatic carbocycles. The molecule has 0 fully saturated rings. The summed E-state index contributed by atoms with van der Waals surface area (Å²) < 4.78 is 46.1. The number of benzene rings is 3. The van der Waals surface area contributed by atoms with Crippen molar-refractivity contribution in [3.63, 3.8) is 0 Å². The van der Waals surface area contributed by atoms with Gasteiger partial charge in [-0.2, -0.15) is 0 Å². The molecule has 12 nitrogen and oxygen atoms in total. The third-order valence-corrected chi connectivity index (χ3v) is 9.20. The van der Waals surface area contributed by atoms with Gasteiger partial charge in [0.2, 0.25) is 0 Å². The fraction of sp³-hybridized carbons (Fsp3) is 0.278. The zero-order valence-electron chi connectivity index (χ0n) is 28.9. The van der Waals surface area contributed by atoms with Crippen molar-refractivity contribution in [2.24, 2.45) is 32.6 Å². The van der Waals surface area contributed by atoms with Crippen LogP contribution in [0.4, 0.5) is 18.9 Å². The number of aliphatic carboxylic acids is 2. The van der Waals surface area contributed by atoms with Gasteiger partial charge in [0, 0.05) is 67.9 Å². The molecule has 6 rings (SSSR count). The summed E-state index contributed by atoms with van der Waals surface area (Å²) in [5.74, 6) is -3.33. The monoisotopic (exact) mass is 708 g/mol. The van der Waals surface area contributed by atoms with Crippen LogP contribution in [0.1, 0.15) is 28.2 Å². The number of fused-ring (bicyclic) bond motifs is 3. The van der Waals surface area contributed by atoms with Crippen LogP contribution in [0, 0.1) is 48.3 Å². The Labute approximate surface area is 290 Å². The molecule has 6 N–H and O–H groups in total. The molecule has 2 atom stereocenters. The Morgan fingerprint density at radius 1 is 0.745 bits per heavy atom. The molecule has 6 aromatic rings. The second kappa shape index (κ2) is 15.1. The molecule has 3 heterocycles. The molecule has 0 amide bonds. The van der Waals surface area contributed by atoms with Crippen molar-refractivity contribution in [3.05, 3.63) is 110 Å². The molecule has 3 aromatic carbocycles. The normalized spacial score (nSPS) is 12.3. The second-order valence-electron chi connectivity index (χ2n) is 12.2. The lowest BCUT2D eigenvalue weighted by molar-refractivity contribution is -0.383. The molecule has 0 bridgehead atoms. The van der Waals surface area contributed by atoms with Gasteiger partial charge in [0.05, 0.1) is 26.9 Å². The minimum absolute atomic E-state index is 0.0780. The highest BCUT2D eigenvalue weighted by Gasteiger charge is 2.27. The predicted octanol–water partition coefficient (Wildman–Crippen LogP) is 5.69. The number of nitro groups is 1. The molecule has 0 radical (unpaired) electrons. The van der Waals surface area contributed by atoms with Crippen LogP contribution in [0.25, 0.3) is 32.7 Å². The van der Waals surface area contributed by atoms with E-state index in [0.29, 0.717) is 22.3 Å². The quantitative estimate of drug-likeness (QED) is 0.120. The number of hydrogen-bond donors (Lipinski definition) is 4. The van der Waals surface area contributed by atoms with Crippen molar-refractivity contribution in [1.82, 2.24) is 13.7 Å². The molecular formula is C36H39F3N6O6. The van der Waals surface area contributed by atoms with E-state index < -0.39 is 34.8 Å². The molecule has 0 spiro atoms. The Morgan fingerprint density at radius 2 is 1.24 bits per heavy atom. The molecule has 0 aliphatic rings. The van der Waals surface area contributed by atoms with E-state index in [9.17, 15) is 32.9 Å². The number of non-ortho nitro benzene ring substituents is 1. The van der Waals surface area contributed by atoms with Crippen LogP contribution in [-0.2, 0) is 43.6 Å². The smallest absolute Gasteiger partial charge is 0.320 e. The average molecular weight is 709 g/mol. The van der Waals surface area contributed by atoms with E-state index in [1.54, 1.807) is 43.8 Å². The number of nitro benzene ring substituents is 1. The van der Waals surface area contributed by atoms with E-state index in [1.165, 1.54) is 16.7 Å². The first-order valence-electron chi connectivity index (χ1n) is 15.7. The number of rotatable bonds is 7. The summed E-state index contributed by atoms with van der Waals surface area (Å²) in [6.45, 7) is 5.45. The summed E-state index contributed by atoms with van der Waals surface area (Å²) in [5.41, 5.74) is 15.7. The number of carboxylic acids is 2.